The third-order valence-corrected chi connectivity index (χ3v) is 10.6. The number of amides is 5. The second kappa shape index (κ2) is 11.5. The van der Waals surface area contributed by atoms with E-state index < -0.39 is 64.7 Å². The number of imide groups is 4. The molecule has 6 atom stereocenters. The predicted octanol–water partition coefficient (Wildman–Crippen LogP) is 5.11. The highest BCUT2D eigenvalue weighted by atomic mass is 35.5. The number of aromatic hydroxyl groups is 1. The number of hydrazine groups is 1. The van der Waals surface area contributed by atoms with Crippen LogP contribution in [-0.2, 0) is 29.3 Å². The Kier molecular flexibility index (Phi) is 7.54. The Balaban J connectivity index is 1.47. The molecule has 7 rings (SSSR count). The fraction of sp³-hybridized carbons (Fsp3) is 0.306. The number of carbonyl (C=O) groups excluding carboxylic acids is 5. The van der Waals surface area contributed by atoms with Crippen molar-refractivity contribution in [2.24, 2.45) is 23.7 Å². The number of rotatable bonds is 5. The first-order valence-electron chi connectivity index (χ1n) is 15.5. The van der Waals surface area contributed by atoms with Gasteiger partial charge >= 0.3 is 6.09 Å². The molecule has 2 saturated heterocycles. The Labute approximate surface area is 281 Å². The number of likely N-dealkylation sites (tertiary alicyclic amines) is 1. The summed E-state index contributed by atoms with van der Waals surface area (Å²) in [6.07, 6.45) is 0.954. The van der Waals surface area contributed by atoms with E-state index in [4.69, 9.17) is 21.1 Å². The summed E-state index contributed by atoms with van der Waals surface area (Å²) in [5, 5.41) is 11.7. The average molecular weight is 670 g/mol. The van der Waals surface area contributed by atoms with Gasteiger partial charge in [0.25, 0.3) is 11.8 Å². The number of phenols is 1. The number of nitrogens with zero attached hydrogens (tertiary/aromatic N) is 2. The van der Waals surface area contributed by atoms with Crippen LogP contribution in [0, 0.1) is 30.6 Å². The standard InChI is InChI=1S/C36H32ClN3O8/c1-18-9-11-21(12-10-18)38-40-32(43)25-17-24-22(13-14-23-28(24)33(44)39(31(23)42)35(46)48-3)29(19-15-26(37)30(41)27(16-19)47-2)36(25,34(40)45)20-7-5-4-6-8-20/h4-13,15-16,23-25,28-29,38,41H,14,17H2,1-3H3/t23-,24+,25-,28-,29-,36+/m0/s1. The number of benzene rings is 3. The number of halogens is 1. The molecule has 2 heterocycles. The number of hydrogen-bond donors (Lipinski definition) is 2. The van der Waals surface area contributed by atoms with Crippen LogP contribution < -0.4 is 10.2 Å². The van der Waals surface area contributed by atoms with Gasteiger partial charge in [0.05, 0.1) is 48.1 Å². The number of aryl methyl sites for hydroxylation is 1. The van der Waals surface area contributed by atoms with E-state index in [0.29, 0.717) is 27.3 Å². The largest absolute Gasteiger partial charge is 0.503 e. The van der Waals surface area contributed by atoms with E-state index >= 15 is 4.79 Å². The fourth-order valence-electron chi connectivity index (χ4n) is 8.31. The zero-order chi connectivity index (χ0) is 34.1. The van der Waals surface area contributed by atoms with Crippen molar-refractivity contribution in [1.82, 2.24) is 9.91 Å². The molecule has 12 heteroatoms. The third-order valence-electron chi connectivity index (χ3n) is 10.4. The molecule has 4 aliphatic rings. The van der Waals surface area contributed by atoms with Crippen molar-refractivity contribution in [1.29, 1.82) is 0 Å². The first kappa shape index (κ1) is 31.4. The molecular weight excluding hydrogens is 638 g/mol. The first-order chi connectivity index (χ1) is 23.0. The summed E-state index contributed by atoms with van der Waals surface area (Å²) in [6.45, 7) is 1.93. The minimum Gasteiger partial charge on any atom is -0.503 e. The van der Waals surface area contributed by atoms with Gasteiger partial charge in [-0.1, -0.05) is 71.3 Å². The van der Waals surface area contributed by atoms with Gasteiger partial charge in [0.15, 0.2) is 11.5 Å². The number of methoxy groups -OCH3 is 2. The van der Waals surface area contributed by atoms with Crippen molar-refractivity contribution in [3.63, 3.8) is 0 Å². The van der Waals surface area contributed by atoms with Gasteiger partial charge in [-0.15, -0.1) is 0 Å². The van der Waals surface area contributed by atoms with E-state index in [1.54, 1.807) is 42.5 Å². The van der Waals surface area contributed by atoms with Crippen LogP contribution in [0.25, 0.3) is 0 Å². The van der Waals surface area contributed by atoms with Gasteiger partial charge in [-0.3, -0.25) is 24.6 Å². The monoisotopic (exact) mass is 669 g/mol. The SMILES string of the molecule is COC(=O)N1C(=O)[C@H]2[C@H](CC=C3[C@H]2C[C@H]2C(=O)N(Nc4ccc(C)cc4)C(=O)[C@@]2(c2ccccc2)[C@H]3c2cc(Cl)c(O)c(OC)c2)C1=O. The van der Waals surface area contributed by atoms with E-state index in [0.717, 1.165) is 17.7 Å². The highest BCUT2D eigenvalue weighted by Gasteiger charge is 2.70. The van der Waals surface area contributed by atoms with Gasteiger partial charge in [0, 0.05) is 5.92 Å². The molecule has 0 aromatic heterocycles. The van der Waals surface area contributed by atoms with Gasteiger partial charge in [0.2, 0.25) is 11.8 Å². The molecule has 3 aromatic carbocycles. The Morgan fingerprint density at radius 1 is 0.958 bits per heavy atom. The van der Waals surface area contributed by atoms with E-state index in [9.17, 15) is 24.3 Å². The van der Waals surface area contributed by atoms with Crippen molar-refractivity contribution in [2.45, 2.75) is 31.1 Å². The highest BCUT2D eigenvalue weighted by Crippen LogP contribution is 2.64. The zero-order valence-electron chi connectivity index (χ0n) is 26.3. The van der Waals surface area contributed by atoms with Crippen LogP contribution in [0.2, 0.25) is 5.02 Å². The van der Waals surface area contributed by atoms with E-state index in [1.165, 1.54) is 13.2 Å². The lowest BCUT2D eigenvalue weighted by Crippen LogP contribution is -2.53. The number of hydrogen-bond acceptors (Lipinski definition) is 9. The Morgan fingerprint density at radius 3 is 2.33 bits per heavy atom. The Hall–Kier alpha value is -5.16. The Bertz CT molecular complexity index is 1910. The molecule has 3 fully saturated rings. The summed E-state index contributed by atoms with van der Waals surface area (Å²) in [5.41, 5.74) is 4.72. The summed E-state index contributed by atoms with van der Waals surface area (Å²) >= 11 is 6.56. The maximum absolute atomic E-state index is 15.1. The van der Waals surface area contributed by atoms with Crippen LogP contribution in [0.3, 0.4) is 0 Å². The molecule has 0 radical (unpaired) electrons. The van der Waals surface area contributed by atoms with Crippen LogP contribution in [0.4, 0.5) is 10.5 Å². The maximum atomic E-state index is 15.1. The van der Waals surface area contributed by atoms with Crippen molar-refractivity contribution < 1.29 is 38.6 Å². The molecule has 2 aliphatic carbocycles. The number of nitrogens with one attached hydrogen (secondary N) is 1. The van der Waals surface area contributed by atoms with Gasteiger partial charge in [-0.2, -0.15) is 9.91 Å². The second-order valence-corrected chi connectivity index (χ2v) is 13.0. The second-order valence-electron chi connectivity index (χ2n) is 12.6. The zero-order valence-corrected chi connectivity index (χ0v) is 27.1. The summed E-state index contributed by atoms with van der Waals surface area (Å²) in [6, 6.07) is 19.4. The molecule has 0 bridgehead atoms. The van der Waals surface area contributed by atoms with E-state index in [2.05, 4.69) is 5.43 Å². The van der Waals surface area contributed by atoms with Crippen LogP contribution in [-0.4, -0.2) is 59.0 Å². The first-order valence-corrected chi connectivity index (χ1v) is 15.9. The maximum Gasteiger partial charge on any atom is 0.423 e. The van der Waals surface area contributed by atoms with Crippen LogP contribution >= 0.6 is 11.6 Å². The van der Waals surface area contributed by atoms with E-state index in [1.807, 2.05) is 31.2 Å². The van der Waals surface area contributed by atoms with Crippen LogP contribution in [0.15, 0.2) is 78.4 Å². The molecule has 246 valence electrons. The number of fused-ring (bicyclic) bond motifs is 4. The normalized spacial score (nSPS) is 27.7. The third kappa shape index (κ3) is 4.37. The summed E-state index contributed by atoms with van der Waals surface area (Å²) in [5.74, 6) is -7.02. The van der Waals surface area contributed by atoms with Crippen LogP contribution in [0.1, 0.15) is 35.4 Å². The van der Waals surface area contributed by atoms with Crippen molar-refractivity contribution >= 4 is 47.0 Å². The number of carbonyl (C=O) groups is 5. The smallest absolute Gasteiger partial charge is 0.423 e. The molecular formula is C36H32ClN3O8. The molecule has 2 aliphatic heterocycles. The lowest BCUT2D eigenvalue weighted by molar-refractivity contribution is -0.140. The predicted molar refractivity (Wildman–Crippen MR) is 173 cm³/mol. The molecule has 48 heavy (non-hydrogen) atoms. The van der Waals surface area contributed by atoms with Gasteiger partial charge in [-0.25, -0.2) is 4.79 Å². The molecule has 11 nitrogen and oxygen atoms in total. The summed E-state index contributed by atoms with van der Waals surface area (Å²) < 4.78 is 10.2. The molecule has 0 unspecified atom stereocenters. The average Bonchev–Trinajstić information content (AvgIpc) is 3.47. The minimum absolute atomic E-state index is 0.0316. The minimum atomic E-state index is -1.54. The van der Waals surface area contributed by atoms with Gasteiger partial charge in [-0.05, 0) is 61.1 Å². The molecule has 3 aromatic rings. The van der Waals surface area contributed by atoms with Crippen molar-refractivity contribution in [3.8, 4) is 11.5 Å². The number of phenolic OH excluding ortho intramolecular Hbond substituents is 1. The molecule has 1 saturated carbocycles. The fourth-order valence-corrected chi connectivity index (χ4v) is 8.53. The molecule has 5 amide bonds. The number of ether oxygens (including phenoxy) is 2. The topological polar surface area (TPSA) is 143 Å². The van der Waals surface area contributed by atoms with E-state index in [-0.39, 0.29) is 29.4 Å². The highest BCUT2D eigenvalue weighted by molar-refractivity contribution is 6.32. The lowest BCUT2D eigenvalue weighted by Gasteiger charge is -2.50. The molecule has 0 spiro atoms. The van der Waals surface area contributed by atoms with Crippen LogP contribution in [0.5, 0.6) is 11.5 Å². The summed E-state index contributed by atoms with van der Waals surface area (Å²) in [7, 11) is 2.47. The van der Waals surface area contributed by atoms with Gasteiger partial charge in [0.1, 0.15) is 0 Å². The molecule has 2 N–H and O–H groups in total. The lowest BCUT2D eigenvalue weighted by atomic mass is 9.49. The number of allylic oxidation sites excluding steroid dienone is 2. The number of anilines is 1. The van der Waals surface area contributed by atoms with Crippen molar-refractivity contribution in [3.05, 3.63) is 100 Å². The summed E-state index contributed by atoms with van der Waals surface area (Å²) in [4.78, 5) is 70.3. The van der Waals surface area contributed by atoms with Crippen molar-refractivity contribution in [2.75, 3.05) is 19.6 Å². The van der Waals surface area contributed by atoms with Gasteiger partial charge < -0.3 is 14.6 Å². The quantitative estimate of drug-likeness (QED) is 0.280. The Morgan fingerprint density at radius 2 is 1.67 bits per heavy atom.